The van der Waals surface area contributed by atoms with Gasteiger partial charge >= 0.3 is 0 Å². The number of hydrogen-bond donors (Lipinski definition) is 1. The molecule has 0 atom stereocenters. The minimum atomic E-state index is -3.56. The van der Waals surface area contributed by atoms with Gasteiger partial charge in [0.15, 0.2) is 6.39 Å². The van der Waals surface area contributed by atoms with Crippen molar-refractivity contribution < 1.29 is 17.6 Å². The van der Waals surface area contributed by atoms with Gasteiger partial charge in [0.25, 0.3) is 0 Å². The molecule has 0 aliphatic rings. The zero-order valence-corrected chi connectivity index (χ0v) is 13.0. The van der Waals surface area contributed by atoms with Gasteiger partial charge in [-0.3, -0.25) is 0 Å². The molecule has 2 rings (SSSR count). The molecule has 0 saturated heterocycles. The van der Waals surface area contributed by atoms with Crippen molar-refractivity contribution in [1.82, 2.24) is 9.71 Å². The highest BCUT2D eigenvalue weighted by molar-refractivity contribution is 7.89. The summed E-state index contributed by atoms with van der Waals surface area (Å²) in [5.41, 5.74) is 2.02. The average Bonchev–Trinajstić information content (AvgIpc) is 2.90. The van der Waals surface area contributed by atoms with Crippen LogP contribution in [-0.2, 0) is 16.4 Å². The Morgan fingerprint density at radius 3 is 2.48 bits per heavy atom. The minimum absolute atomic E-state index is 0.264. The first kappa shape index (κ1) is 15.5. The number of methoxy groups -OCH3 is 1. The average molecular weight is 310 g/mol. The maximum Gasteiger partial charge on any atom is 0.241 e. The largest absolute Gasteiger partial charge is 0.497 e. The molecule has 0 aliphatic carbocycles. The molecule has 114 valence electrons. The third-order valence-electron chi connectivity index (χ3n) is 3.09. The van der Waals surface area contributed by atoms with E-state index in [1.165, 1.54) is 12.7 Å². The van der Waals surface area contributed by atoms with E-state index in [1.807, 2.05) is 0 Å². The van der Waals surface area contributed by atoms with E-state index in [0.717, 1.165) is 0 Å². The standard InChI is InChI=1S/C14H18N2O4S/c1-10-6-13(19-3)7-11(2)14(10)21(17,18)16-5-4-12-8-20-9-15-12/h6-9,16H,4-5H2,1-3H3. The number of nitrogens with one attached hydrogen (secondary N) is 1. The topological polar surface area (TPSA) is 81.4 Å². The molecule has 0 bridgehead atoms. The summed E-state index contributed by atoms with van der Waals surface area (Å²) in [6.07, 6.45) is 3.30. The highest BCUT2D eigenvalue weighted by Crippen LogP contribution is 2.25. The van der Waals surface area contributed by atoms with E-state index in [-0.39, 0.29) is 6.54 Å². The fourth-order valence-corrected chi connectivity index (χ4v) is 3.68. The molecule has 1 N–H and O–H groups in total. The van der Waals surface area contributed by atoms with Crippen LogP contribution in [0.1, 0.15) is 16.8 Å². The van der Waals surface area contributed by atoms with Crippen LogP contribution in [0.15, 0.2) is 34.1 Å². The summed E-state index contributed by atoms with van der Waals surface area (Å²) in [6.45, 7) is 3.77. The number of nitrogens with zero attached hydrogens (tertiary/aromatic N) is 1. The van der Waals surface area contributed by atoms with Crippen molar-refractivity contribution in [2.24, 2.45) is 0 Å². The highest BCUT2D eigenvalue weighted by atomic mass is 32.2. The normalized spacial score (nSPS) is 11.6. The van der Waals surface area contributed by atoms with E-state index in [2.05, 4.69) is 9.71 Å². The molecule has 7 heteroatoms. The number of rotatable bonds is 6. The van der Waals surface area contributed by atoms with Gasteiger partial charge in [-0.25, -0.2) is 18.1 Å². The molecule has 21 heavy (non-hydrogen) atoms. The zero-order chi connectivity index (χ0) is 15.5. The second-order valence-corrected chi connectivity index (χ2v) is 6.42. The quantitative estimate of drug-likeness (QED) is 0.880. The Bertz CT molecular complexity index is 686. The molecule has 1 aromatic heterocycles. The van der Waals surface area contributed by atoms with Gasteiger partial charge in [0.05, 0.1) is 17.7 Å². The predicted octanol–water partition coefficient (Wildman–Crippen LogP) is 1.82. The van der Waals surface area contributed by atoms with E-state index >= 15 is 0 Å². The molecule has 0 aliphatic heterocycles. The van der Waals surface area contributed by atoms with E-state index in [0.29, 0.717) is 33.9 Å². The van der Waals surface area contributed by atoms with E-state index < -0.39 is 10.0 Å². The van der Waals surface area contributed by atoms with Crippen LogP contribution >= 0.6 is 0 Å². The first-order valence-corrected chi connectivity index (χ1v) is 7.94. The minimum Gasteiger partial charge on any atom is -0.497 e. The van der Waals surface area contributed by atoms with Gasteiger partial charge in [-0.15, -0.1) is 0 Å². The maximum atomic E-state index is 12.4. The fraction of sp³-hybridized carbons (Fsp3) is 0.357. The molecule has 0 saturated carbocycles. The fourth-order valence-electron chi connectivity index (χ4n) is 2.20. The Kier molecular flexibility index (Phi) is 4.64. The second kappa shape index (κ2) is 6.28. The van der Waals surface area contributed by atoms with E-state index in [4.69, 9.17) is 9.15 Å². The van der Waals surface area contributed by atoms with Crippen LogP contribution < -0.4 is 9.46 Å². The Morgan fingerprint density at radius 1 is 1.29 bits per heavy atom. The van der Waals surface area contributed by atoms with Crippen LogP contribution in [0.4, 0.5) is 0 Å². The van der Waals surface area contributed by atoms with Gasteiger partial charge in [-0.05, 0) is 37.1 Å². The monoisotopic (exact) mass is 310 g/mol. The Balaban J connectivity index is 2.15. The Hall–Kier alpha value is -1.86. The Morgan fingerprint density at radius 2 is 1.95 bits per heavy atom. The van der Waals surface area contributed by atoms with Crippen molar-refractivity contribution in [3.05, 3.63) is 41.6 Å². The lowest BCUT2D eigenvalue weighted by Gasteiger charge is -2.13. The number of benzene rings is 1. The molecule has 0 radical (unpaired) electrons. The lowest BCUT2D eigenvalue weighted by molar-refractivity contribution is 0.413. The summed E-state index contributed by atoms with van der Waals surface area (Å²) >= 11 is 0. The van der Waals surface area contributed by atoms with Crippen molar-refractivity contribution in [2.75, 3.05) is 13.7 Å². The van der Waals surface area contributed by atoms with E-state index in [9.17, 15) is 8.42 Å². The van der Waals surface area contributed by atoms with Crippen molar-refractivity contribution >= 4 is 10.0 Å². The number of aromatic nitrogens is 1. The van der Waals surface area contributed by atoms with Crippen molar-refractivity contribution in [2.45, 2.75) is 25.2 Å². The molecule has 1 aromatic carbocycles. The zero-order valence-electron chi connectivity index (χ0n) is 12.2. The van der Waals surface area contributed by atoms with Crippen molar-refractivity contribution in [3.63, 3.8) is 0 Å². The van der Waals surface area contributed by atoms with E-state index in [1.54, 1.807) is 33.1 Å². The van der Waals surface area contributed by atoms with Crippen LogP contribution in [0, 0.1) is 13.8 Å². The number of ether oxygens (including phenoxy) is 1. The summed E-state index contributed by atoms with van der Waals surface area (Å²) in [5.74, 6) is 0.645. The molecule has 0 spiro atoms. The summed E-state index contributed by atoms with van der Waals surface area (Å²) in [5, 5.41) is 0. The predicted molar refractivity (Wildman–Crippen MR) is 77.9 cm³/mol. The third-order valence-corrected chi connectivity index (χ3v) is 4.86. The lowest BCUT2D eigenvalue weighted by atomic mass is 10.1. The van der Waals surface area contributed by atoms with Crippen LogP contribution in [-0.4, -0.2) is 27.1 Å². The smallest absolute Gasteiger partial charge is 0.241 e. The Labute approximate surface area is 124 Å². The molecular formula is C14H18N2O4S. The molecular weight excluding hydrogens is 292 g/mol. The molecule has 1 heterocycles. The number of sulfonamides is 1. The van der Waals surface area contributed by atoms with Crippen LogP contribution in [0.5, 0.6) is 5.75 Å². The van der Waals surface area contributed by atoms with Gasteiger partial charge < -0.3 is 9.15 Å². The summed E-state index contributed by atoms with van der Waals surface area (Å²) in [4.78, 5) is 4.24. The molecule has 0 fully saturated rings. The molecule has 2 aromatic rings. The van der Waals surface area contributed by atoms with Crippen LogP contribution in [0.3, 0.4) is 0 Å². The van der Waals surface area contributed by atoms with Crippen molar-refractivity contribution in [3.8, 4) is 5.75 Å². The maximum absolute atomic E-state index is 12.4. The number of hydrogen-bond acceptors (Lipinski definition) is 5. The lowest BCUT2D eigenvalue weighted by Crippen LogP contribution is -2.27. The van der Waals surface area contributed by atoms with Crippen LogP contribution in [0.25, 0.3) is 0 Å². The summed E-state index contributed by atoms with van der Waals surface area (Å²) in [6, 6.07) is 3.42. The summed E-state index contributed by atoms with van der Waals surface area (Å²) in [7, 11) is -2.01. The second-order valence-electron chi connectivity index (χ2n) is 4.72. The van der Waals surface area contributed by atoms with Gasteiger partial charge in [0.1, 0.15) is 12.0 Å². The first-order valence-electron chi connectivity index (χ1n) is 6.46. The molecule has 0 amide bonds. The summed E-state index contributed by atoms with van der Waals surface area (Å²) < 4.78 is 37.4. The first-order chi connectivity index (χ1) is 9.94. The highest BCUT2D eigenvalue weighted by Gasteiger charge is 2.20. The van der Waals surface area contributed by atoms with Crippen molar-refractivity contribution in [1.29, 1.82) is 0 Å². The number of aryl methyl sites for hydroxylation is 2. The SMILES string of the molecule is COc1cc(C)c(S(=O)(=O)NCCc2cocn2)c(C)c1. The number of oxazole rings is 1. The third kappa shape index (κ3) is 3.62. The van der Waals surface area contributed by atoms with Gasteiger partial charge in [0, 0.05) is 13.0 Å². The van der Waals surface area contributed by atoms with Gasteiger partial charge in [-0.2, -0.15) is 0 Å². The van der Waals surface area contributed by atoms with Gasteiger partial charge in [0.2, 0.25) is 10.0 Å². The molecule has 6 nitrogen and oxygen atoms in total. The molecule has 0 unspecified atom stereocenters. The van der Waals surface area contributed by atoms with Gasteiger partial charge in [-0.1, -0.05) is 0 Å². The van der Waals surface area contributed by atoms with Crippen LogP contribution in [0.2, 0.25) is 0 Å².